The molecule has 1 heterocycles. The quantitative estimate of drug-likeness (QED) is 0.320. The first-order valence-corrected chi connectivity index (χ1v) is 5.40. The van der Waals surface area contributed by atoms with E-state index < -0.39 is 0 Å². The topological polar surface area (TPSA) is 101 Å². The summed E-state index contributed by atoms with van der Waals surface area (Å²) < 4.78 is 4.85. The van der Waals surface area contributed by atoms with Crippen LogP contribution in [0.2, 0.25) is 0 Å². The minimum Gasteiger partial charge on any atom is -0.340 e. The normalized spacial score (nSPS) is 11.3. The highest BCUT2D eigenvalue weighted by Crippen LogP contribution is 2.04. The van der Waals surface area contributed by atoms with Crippen molar-refractivity contribution in [2.45, 2.75) is 13.5 Å². The van der Waals surface area contributed by atoms with Gasteiger partial charge < -0.3 is 9.84 Å². The van der Waals surface area contributed by atoms with Crippen LogP contribution in [-0.4, -0.2) is 16.1 Å². The van der Waals surface area contributed by atoms with Crippen LogP contribution in [0.4, 0.5) is 5.69 Å². The Balaban J connectivity index is 2.00. The SMILES string of the molecule is Cc1nc(CN=C(NN)Nc2ccccc2)no1. The van der Waals surface area contributed by atoms with Crippen molar-refractivity contribution in [3.05, 3.63) is 42.0 Å². The Morgan fingerprint density at radius 2 is 2.17 bits per heavy atom. The van der Waals surface area contributed by atoms with Crippen LogP contribution in [0.1, 0.15) is 11.7 Å². The molecule has 0 saturated heterocycles. The maximum Gasteiger partial charge on any atom is 0.223 e. The Hall–Kier alpha value is -2.41. The van der Waals surface area contributed by atoms with Crippen LogP contribution < -0.4 is 16.6 Å². The number of hydrogen-bond acceptors (Lipinski definition) is 5. The molecule has 0 saturated carbocycles. The van der Waals surface area contributed by atoms with Gasteiger partial charge in [-0.2, -0.15) is 4.98 Å². The van der Waals surface area contributed by atoms with Gasteiger partial charge in [0.25, 0.3) is 0 Å². The Kier molecular flexibility index (Phi) is 3.87. The average molecular weight is 246 g/mol. The van der Waals surface area contributed by atoms with E-state index in [2.05, 4.69) is 25.9 Å². The Morgan fingerprint density at radius 1 is 1.39 bits per heavy atom. The zero-order valence-electron chi connectivity index (χ0n) is 9.92. The van der Waals surface area contributed by atoms with E-state index in [1.807, 2.05) is 30.3 Å². The summed E-state index contributed by atoms with van der Waals surface area (Å²) in [6, 6.07) is 9.58. The third kappa shape index (κ3) is 3.29. The van der Waals surface area contributed by atoms with Crippen LogP contribution in [0, 0.1) is 6.92 Å². The number of hydrazine groups is 1. The number of aromatic nitrogens is 2. The highest BCUT2D eigenvalue weighted by Gasteiger charge is 2.02. The van der Waals surface area contributed by atoms with Gasteiger partial charge in [-0.15, -0.1) is 0 Å². The van der Waals surface area contributed by atoms with Gasteiger partial charge in [0.1, 0.15) is 6.54 Å². The van der Waals surface area contributed by atoms with E-state index >= 15 is 0 Å². The minimum absolute atomic E-state index is 0.288. The van der Waals surface area contributed by atoms with Crippen molar-refractivity contribution in [3.63, 3.8) is 0 Å². The molecule has 0 fully saturated rings. The lowest BCUT2D eigenvalue weighted by Gasteiger charge is -2.07. The van der Waals surface area contributed by atoms with Gasteiger partial charge in [-0.3, -0.25) is 5.43 Å². The van der Waals surface area contributed by atoms with Crippen molar-refractivity contribution in [1.82, 2.24) is 15.6 Å². The molecule has 7 heteroatoms. The third-order valence-corrected chi connectivity index (χ3v) is 2.12. The zero-order valence-corrected chi connectivity index (χ0v) is 9.92. The van der Waals surface area contributed by atoms with Crippen molar-refractivity contribution in [1.29, 1.82) is 0 Å². The summed E-state index contributed by atoms with van der Waals surface area (Å²) in [5.41, 5.74) is 3.37. The summed E-state index contributed by atoms with van der Waals surface area (Å²) >= 11 is 0. The Morgan fingerprint density at radius 3 is 2.78 bits per heavy atom. The third-order valence-electron chi connectivity index (χ3n) is 2.12. The van der Waals surface area contributed by atoms with E-state index in [1.165, 1.54) is 0 Å². The summed E-state index contributed by atoms with van der Waals surface area (Å²) in [5, 5.41) is 6.77. The van der Waals surface area contributed by atoms with Gasteiger partial charge in [0, 0.05) is 12.6 Å². The molecule has 0 amide bonds. The summed E-state index contributed by atoms with van der Waals surface area (Å²) in [6.45, 7) is 2.02. The summed E-state index contributed by atoms with van der Waals surface area (Å²) in [6.07, 6.45) is 0. The van der Waals surface area contributed by atoms with E-state index in [1.54, 1.807) is 6.92 Å². The van der Waals surface area contributed by atoms with Crippen LogP contribution in [-0.2, 0) is 6.54 Å². The molecule has 0 unspecified atom stereocenters. The summed E-state index contributed by atoms with van der Waals surface area (Å²) in [4.78, 5) is 8.25. The molecule has 94 valence electrons. The molecular formula is C11H14N6O. The fraction of sp³-hybridized carbons (Fsp3) is 0.182. The first-order valence-electron chi connectivity index (χ1n) is 5.40. The second-order valence-corrected chi connectivity index (χ2v) is 3.53. The lowest BCUT2D eigenvalue weighted by atomic mass is 10.3. The highest BCUT2D eigenvalue weighted by molar-refractivity contribution is 5.93. The van der Waals surface area contributed by atoms with Crippen LogP contribution in [0.5, 0.6) is 0 Å². The summed E-state index contributed by atoms with van der Waals surface area (Å²) in [7, 11) is 0. The van der Waals surface area contributed by atoms with E-state index in [0.717, 1.165) is 5.69 Å². The number of hydrogen-bond donors (Lipinski definition) is 3. The molecule has 0 aliphatic carbocycles. The highest BCUT2D eigenvalue weighted by atomic mass is 16.5. The van der Waals surface area contributed by atoms with Crippen LogP contribution in [0.15, 0.2) is 39.8 Å². The predicted molar refractivity (Wildman–Crippen MR) is 67.6 cm³/mol. The number of nitrogens with zero attached hydrogens (tertiary/aromatic N) is 3. The Bertz CT molecular complexity index is 521. The molecule has 7 nitrogen and oxygen atoms in total. The van der Waals surface area contributed by atoms with Gasteiger partial charge in [0.15, 0.2) is 5.82 Å². The van der Waals surface area contributed by atoms with Crippen molar-refractivity contribution in [3.8, 4) is 0 Å². The van der Waals surface area contributed by atoms with Gasteiger partial charge in [0.05, 0.1) is 0 Å². The zero-order chi connectivity index (χ0) is 12.8. The number of nitrogens with two attached hydrogens (primary N) is 1. The molecule has 2 aromatic rings. The number of aliphatic imine (C=N–C) groups is 1. The number of benzene rings is 1. The van der Waals surface area contributed by atoms with Gasteiger partial charge in [-0.25, -0.2) is 10.8 Å². The average Bonchev–Trinajstić information content (AvgIpc) is 2.81. The molecule has 0 atom stereocenters. The van der Waals surface area contributed by atoms with Crippen molar-refractivity contribution < 1.29 is 4.52 Å². The van der Waals surface area contributed by atoms with Crippen LogP contribution >= 0.6 is 0 Å². The molecule has 0 aliphatic rings. The molecule has 1 aromatic carbocycles. The molecule has 0 aliphatic heterocycles. The first kappa shape index (κ1) is 12.1. The predicted octanol–water partition coefficient (Wildman–Crippen LogP) is 0.809. The molecule has 4 N–H and O–H groups in total. The van der Waals surface area contributed by atoms with Crippen LogP contribution in [0.3, 0.4) is 0 Å². The van der Waals surface area contributed by atoms with E-state index in [-0.39, 0.29) is 6.54 Å². The first-order chi connectivity index (χ1) is 8.78. The maximum atomic E-state index is 5.38. The van der Waals surface area contributed by atoms with Gasteiger partial charge in [-0.1, -0.05) is 23.4 Å². The molecule has 18 heavy (non-hydrogen) atoms. The molecule has 2 rings (SSSR count). The van der Waals surface area contributed by atoms with Gasteiger partial charge in [-0.05, 0) is 12.1 Å². The number of rotatable bonds is 3. The minimum atomic E-state index is 0.288. The second kappa shape index (κ2) is 5.78. The van der Waals surface area contributed by atoms with Crippen molar-refractivity contribution >= 4 is 11.6 Å². The fourth-order valence-electron chi connectivity index (χ4n) is 1.33. The van der Waals surface area contributed by atoms with E-state index in [0.29, 0.717) is 17.7 Å². The lowest BCUT2D eigenvalue weighted by Crippen LogP contribution is -2.36. The fourth-order valence-corrected chi connectivity index (χ4v) is 1.33. The van der Waals surface area contributed by atoms with E-state index in [9.17, 15) is 0 Å². The lowest BCUT2D eigenvalue weighted by molar-refractivity contribution is 0.387. The number of anilines is 1. The number of guanidine groups is 1. The number of nitrogens with one attached hydrogen (secondary N) is 2. The molecular weight excluding hydrogens is 232 g/mol. The summed E-state index contributed by atoms with van der Waals surface area (Å²) in [5.74, 6) is 6.84. The van der Waals surface area contributed by atoms with Gasteiger partial charge in [0.2, 0.25) is 11.9 Å². The standard InChI is InChI=1S/C11H14N6O/c1-8-14-10(17-18-8)7-13-11(16-12)15-9-5-3-2-4-6-9/h2-6H,7,12H2,1H3,(H2,13,15,16). The molecule has 0 spiro atoms. The van der Waals surface area contributed by atoms with Gasteiger partial charge >= 0.3 is 0 Å². The van der Waals surface area contributed by atoms with Crippen molar-refractivity contribution in [2.75, 3.05) is 5.32 Å². The smallest absolute Gasteiger partial charge is 0.223 e. The van der Waals surface area contributed by atoms with Crippen molar-refractivity contribution in [2.24, 2.45) is 10.8 Å². The molecule has 1 aromatic heterocycles. The number of aryl methyl sites for hydroxylation is 1. The largest absolute Gasteiger partial charge is 0.340 e. The molecule has 0 radical (unpaired) electrons. The second-order valence-electron chi connectivity index (χ2n) is 3.53. The monoisotopic (exact) mass is 246 g/mol. The number of para-hydroxylation sites is 1. The van der Waals surface area contributed by atoms with E-state index in [4.69, 9.17) is 10.4 Å². The molecule has 0 bridgehead atoms. The van der Waals surface area contributed by atoms with Crippen LogP contribution in [0.25, 0.3) is 0 Å². The Labute approximate surface area is 104 Å². The maximum absolute atomic E-state index is 5.38.